The first-order valence-electron chi connectivity index (χ1n) is 8.29. The van der Waals surface area contributed by atoms with Crippen LogP contribution >= 0.6 is 0 Å². The first-order chi connectivity index (χ1) is 8.79. The van der Waals surface area contributed by atoms with Crippen molar-refractivity contribution in [1.82, 2.24) is 10.2 Å². The first kappa shape index (κ1) is 14.3. The smallest absolute Gasteiger partial charge is 0.0309 e. The second-order valence-electron chi connectivity index (χ2n) is 6.44. The van der Waals surface area contributed by atoms with Crippen molar-refractivity contribution in [2.75, 3.05) is 19.6 Å². The van der Waals surface area contributed by atoms with Gasteiger partial charge in [-0.15, -0.1) is 0 Å². The minimum absolute atomic E-state index is 0.451. The zero-order chi connectivity index (χ0) is 12.8. The van der Waals surface area contributed by atoms with Gasteiger partial charge in [-0.1, -0.05) is 33.1 Å². The molecule has 106 valence electrons. The van der Waals surface area contributed by atoms with Gasteiger partial charge in [0.25, 0.3) is 0 Å². The Hall–Kier alpha value is -0.0800. The monoisotopic (exact) mass is 252 g/mol. The van der Waals surface area contributed by atoms with Crippen LogP contribution in [-0.2, 0) is 0 Å². The van der Waals surface area contributed by atoms with Crippen LogP contribution in [0, 0.1) is 0 Å². The third-order valence-corrected chi connectivity index (χ3v) is 5.04. The molecule has 2 atom stereocenters. The molecule has 2 aliphatic rings. The Morgan fingerprint density at radius 3 is 2.72 bits per heavy atom. The van der Waals surface area contributed by atoms with Crippen LogP contribution in [0.1, 0.15) is 71.6 Å². The van der Waals surface area contributed by atoms with Gasteiger partial charge in [-0.25, -0.2) is 0 Å². The van der Waals surface area contributed by atoms with E-state index < -0.39 is 0 Å². The van der Waals surface area contributed by atoms with Gasteiger partial charge >= 0.3 is 0 Å². The summed E-state index contributed by atoms with van der Waals surface area (Å²) in [4.78, 5) is 2.82. The Labute approximate surface area is 114 Å². The molecule has 2 heterocycles. The van der Waals surface area contributed by atoms with Gasteiger partial charge in [-0.05, 0) is 51.6 Å². The van der Waals surface area contributed by atoms with Crippen LogP contribution in [0.3, 0.4) is 0 Å². The van der Waals surface area contributed by atoms with E-state index in [4.69, 9.17) is 0 Å². The zero-order valence-electron chi connectivity index (χ0n) is 12.5. The standard InChI is InChI=1S/C16H32N2/c1-3-10-16(11-8-12-17-16)14-18-13-7-5-6-9-15(18)4-2/h15,17H,3-14H2,1-2H3. The minimum Gasteiger partial charge on any atom is -0.310 e. The van der Waals surface area contributed by atoms with Crippen molar-refractivity contribution in [3.8, 4) is 0 Å². The number of hydrogen-bond acceptors (Lipinski definition) is 2. The van der Waals surface area contributed by atoms with Gasteiger partial charge in [0.05, 0.1) is 0 Å². The number of hydrogen-bond donors (Lipinski definition) is 1. The van der Waals surface area contributed by atoms with E-state index in [1.54, 1.807) is 0 Å². The molecule has 0 aromatic rings. The van der Waals surface area contributed by atoms with Gasteiger partial charge in [0.1, 0.15) is 0 Å². The Balaban J connectivity index is 1.99. The first-order valence-corrected chi connectivity index (χ1v) is 8.29. The van der Waals surface area contributed by atoms with Crippen LogP contribution in [0.4, 0.5) is 0 Å². The van der Waals surface area contributed by atoms with Gasteiger partial charge in [0.15, 0.2) is 0 Å². The van der Waals surface area contributed by atoms with E-state index >= 15 is 0 Å². The lowest BCUT2D eigenvalue weighted by Crippen LogP contribution is -2.52. The van der Waals surface area contributed by atoms with Crippen LogP contribution in [0.2, 0.25) is 0 Å². The molecule has 2 fully saturated rings. The Morgan fingerprint density at radius 2 is 2.06 bits per heavy atom. The predicted molar refractivity (Wildman–Crippen MR) is 79.0 cm³/mol. The summed E-state index contributed by atoms with van der Waals surface area (Å²) in [5.74, 6) is 0. The van der Waals surface area contributed by atoms with Crippen molar-refractivity contribution >= 4 is 0 Å². The highest BCUT2D eigenvalue weighted by Gasteiger charge is 2.35. The summed E-state index contributed by atoms with van der Waals surface area (Å²) in [6.07, 6.45) is 12.5. The maximum absolute atomic E-state index is 3.84. The molecular formula is C16H32N2. The predicted octanol–water partition coefficient (Wildman–Crippen LogP) is 3.56. The largest absolute Gasteiger partial charge is 0.310 e. The summed E-state index contributed by atoms with van der Waals surface area (Å²) in [5.41, 5.74) is 0.451. The van der Waals surface area contributed by atoms with E-state index in [1.165, 1.54) is 77.4 Å². The van der Waals surface area contributed by atoms with Gasteiger partial charge in [-0.3, -0.25) is 4.90 Å². The van der Waals surface area contributed by atoms with E-state index in [0.717, 1.165) is 6.04 Å². The van der Waals surface area contributed by atoms with Crippen LogP contribution in [0.5, 0.6) is 0 Å². The second-order valence-corrected chi connectivity index (χ2v) is 6.44. The average Bonchev–Trinajstić information content (AvgIpc) is 2.70. The number of rotatable bonds is 5. The normalized spacial score (nSPS) is 34.7. The third-order valence-electron chi connectivity index (χ3n) is 5.04. The van der Waals surface area contributed by atoms with Crippen LogP contribution in [0.25, 0.3) is 0 Å². The van der Waals surface area contributed by atoms with Crippen molar-refractivity contribution < 1.29 is 0 Å². The van der Waals surface area contributed by atoms with Crippen LogP contribution in [-0.4, -0.2) is 36.1 Å². The molecule has 2 nitrogen and oxygen atoms in total. The van der Waals surface area contributed by atoms with Gasteiger partial charge < -0.3 is 5.32 Å². The fourth-order valence-electron chi connectivity index (χ4n) is 4.07. The summed E-state index contributed by atoms with van der Waals surface area (Å²) >= 11 is 0. The average molecular weight is 252 g/mol. The van der Waals surface area contributed by atoms with E-state index in [-0.39, 0.29) is 0 Å². The van der Waals surface area contributed by atoms with Crippen molar-refractivity contribution in [2.45, 2.75) is 83.2 Å². The molecule has 1 N–H and O–H groups in total. The molecule has 2 aliphatic heterocycles. The molecule has 0 aromatic heterocycles. The maximum Gasteiger partial charge on any atom is 0.0309 e. The van der Waals surface area contributed by atoms with Crippen molar-refractivity contribution in [1.29, 1.82) is 0 Å². The van der Waals surface area contributed by atoms with Gasteiger partial charge in [0.2, 0.25) is 0 Å². The quantitative estimate of drug-likeness (QED) is 0.805. The Morgan fingerprint density at radius 1 is 1.17 bits per heavy atom. The molecule has 2 unspecified atom stereocenters. The summed E-state index contributed by atoms with van der Waals surface area (Å²) in [6, 6.07) is 0.851. The summed E-state index contributed by atoms with van der Waals surface area (Å²) in [5, 5.41) is 3.84. The molecule has 0 radical (unpaired) electrons. The van der Waals surface area contributed by atoms with E-state index in [2.05, 4.69) is 24.1 Å². The van der Waals surface area contributed by atoms with Crippen molar-refractivity contribution in [2.24, 2.45) is 0 Å². The van der Waals surface area contributed by atoms with E-state index in [0.29, 0.717) is 5.54 Å². The number of likely N-dealkylation sites (tertiary alicyclic amines) is 1. The molecule has 2 heteroatoms. The second kappa shape index (κ2) is 6.91. The van der Waals surface area contributed by atoms with Crippen molar-refractivity contribution in [3.63, 3.8) is 0 Å². The molecule has 18 heavy (non-hydrogen) atoms. The van der Waals surface area contributed by atoms with Gasteiger partial charge in [0, 0.05) is 18.1 Å². The highest BCUT2D eigenvalue weighted by molar-refractivity contribution is 4.96. The summed E-state index contributed by atoms with van der Waals surface area (Å²) < 4.78 is 0. The number of nitrogens with zero attached hydrogens (tertiary/aromatic N) is 1. The zero-order valence-corrected chi connectivity index (χ0v) is 12.5. The molecule has 0 amide bonds. The van der Waals surface area contributed by atoms with Crippen LogP contribution < -0.4 is 5.32 Å². The summed E-state index contributed by atoms with van der Waals surface area (Å²) in [7, 11) is 0. The molecule has 0 saturated carbocycles. The van der Waals surface area contributed by atoms with E-state index in [1.807, 2.05) is 0 Å². The highest BCUT2D eigenvalue weighted by atomic mass is 15.2. The van der Waals surface area contributed by atoms with Gasteiger partial charge in [-0.2, -0.15) is 0 Å². The lowest BCUT2D eigenvalue weighted by Gasteiger charge is -2.39. The minimum atomic E-state index is 0.451. The topological polar surface area (TPSA) is 15.3 Å². The molecule has 2 saturated heterocycles. The molecule has 0 spiro atoms. The molecule has 0 aromatic carbocycles. The molecule has 2 rings (SSSR count). The lowest BCUT2D eigenvalue weighted by atomic mass is 9.90. The highest BCUT2D eigenvalue weighted by Crippen LogP contribution is 2.29. The Bertz CT molecular complexity index is 233. The molecular weight excluding hydrogens is 220 g/mol. The maximum atomic E-state index is 3.84. The SMILES string of the molecule is CCCC1(CN2CCCCCC2CC)CCCN1. The fraction of sp³-hybridized carbons (Fsp3) is 1.00. The molecule has 0 aliphatic carbocycles. The number of nitrogens with one attached hydrogen (secondary N) is 1. The fourth-order valence-corrected chi connectivity index (χ4v) is 4.07. The van der Waals surface area contributed by atoms with E-state index in [9.17, 15) is 0 Å². The molecule has 0 bridgehead atoms. The Kier molecular flexibility index (Phi) is 5.50. The lowest BCUT2D eigenvalue weighted by molar-refractivity contribution is 0.134. The van der Waals surface area contributed by atoms with Crippen molar-refractivity contribution in [3.05, 3.63) is 0 Å². The summed E-state index contributed by atoms with van der Waals surface area (Å²) in [6.45, 7) is 8.59. The van der Waals surface area contributed by atoms with Crippen LogP contribution in [0.15, 0.2) is 0 Å². The third kappa shape index (κ3) is 3.48.